The van der Waals surface area contributed by atoms with Crippen molar-refractivity contribution >= 4 is 21.8 Å². The molecule has 0 aromatic carbocycles. The van der Waals surface area contributed by atoms with Crippen molar-refractivity contribution in [1.29, 1.82) is 0 Å². The van der Waals surface area contributed by atoms with E-state index in [2.05, 4.69) is 21.2 Å². The third kappa shape index (κ3) is 3.81. The van der Waals surface area contributed by atoms with E-state index < -0.39 is 0 Å². The predicted octanol–water partition coefficient (Wildman–Crippen LogP) is 1.29. The highest BCUT2D eigenvalue weighted by Crippen LogP contribution is 1.96. The second-order valence-electron chi connectivity index (χ2n) is 3.52. The lowest BCUT2D eigenvalue weighted by molar-refractivity contribution is 0.0953. The van der Waals surface area contributed by atoms with E-state index in [0.717, 1.165) is 18.2 Å². The fraction of sp³-hybridized carbons (Fsp3) is 0.455. The lowest BCUT2D eigenvalue weighted by Crippen LogP contribution is -2.26. The van der Waals surface area contributed by atoms with Crippen LogP contribution in [-0.2, 0) is 7.05 Å². The van der Waals surface area contributed by atoms with Crippen molar-refractivity contribution in [1.82, 2.24) is 9.88 Å². The second kappa shape index (κ2) is 6.48. The zero-order valence-electron chi connectivity index (χ0n) is 9.20. The molecule has 1 amide bonds. The van der Waals surface area contributed by atoms with Crippen LogP contribution in [0.1, 0.15) is 23.2 Å². The van der Waals surface area contributed by atoms with Gasteiger partial charge in [-0.15, -0.1) is 0 Å². The Balaban J connectivity index is 2.53. The van der Waals surface area contributed by atoms with Crippen molar-refractivity contribution in [3.8, 4) is 0 Å². The Morgan fingerprint density at radius 1 is 1.50 bits per heavy atom. The van der Waals surface area contributed by atoms with E-state index in [1.165, 1.54) is 10.6 Å². The molecule has 1 N–H and O–H groups in total. The Morgan fingerprint density at radius 2 is 2.25 bits per heavy atom. The Morgan fingerprint density at radius 3 is 2.88 bits per heavy atom. The van der Waals surface area contributed by atoms with Gasteiger partial charge in [0.25, 0.3) is 11.5 Å². The van der Waals surface area contributed by atoms with Crippen molar-refractivity contribution in [3.05, 3.63) is 34.2 Å². The number of aromatic nitrogens is 1. The summed E-state index contributed by atoms with van der Waals surface area (Å²) in [7, 11) is 1.65. The quantitative estimate of drug-likeness (QED) is 0.655. The number of aryl methyl sites for hydroxylation is 1. The molecule has 0 fully saturated rings. The maximum Gasteiger partial charge on any atom is 0.251 e. The van der Waals surface area contributed by atoms with Crippen molar-refractivity contribution in [2.75, 3.05) is 11.9 Å². The first kappa shape index (κ1) is 13.0. The van der Waals surface area contributed by atoms with Crippen LogP contribution >= 0.6 is 15.9 Å². The van der Waals surface area contributed by atoms with E-state index in [4.69, 9.17) is 0 Å². The van der Waals surface area contributed by atoms with E-state index in [1.807, 2.05) is 0 Å². The molecular weight excluding hydrogens is 272 g/mol. The highest BCUT2D eigenvalue weighted by atomic mass is 79.9. The molecule has 0 aliphatic heterocycles. The standard InChI is InChI=1S/C11H15BrN2O2/c1-14-7-4-9(8-10(14)15)11(16)13-6-3-2-5-12/h4,7-8H,2-3,5-6H2,1H3,(H,13,16). The number of halogens is 1. The zero-order valence-corrected chi connectivity index (χ0v) is 10.8. The van der Waals surface area contributed by atoms with E-state index in [9.17, 15) is 9.59 Å². The molecule has 0 unspecified atom stereocenters. The van der Waals surface area contributed by atoms with Gasteiger partial charge in [0.05, 0.1) is 0 Å². The molecule has 0 aliphatic carbocycles. The summed E-state index contributed by atoms with van der Waals surface area (Å²) in [4.78, 5) is 22.9. The number of nitrogens with zero attached hydrogens (tertiary/aromatic N) is 1. The number of pyridine rings is 1. The Hall–Kier alpha value is -1.10. The molecule has 1 aromatic heterocycles. The van der Waals surface area contributed by atoms with Gasteiger partial charge >= 0.3 is 0 Å². The maximum absolute atomic E-state index is 11.6. The number of amides is 1. The molecule has 16 heavy (non-hydrogen) atoms. The van der Waals surface area contributed by atoms with Crippen LogP contribution in [0.3, 0.4) is 0 Å². The number of carbonyl (C=O) groups is 1. The fourth-order valence-electron chi connectivity index (χ4n) is 1.21. The summed E-state index contributed by atoms with van der Waals surface area (Å²) in [5.41, 5.74) is 0.245. The molecule has 4 nitrogen and oxygen atoms in total. The van der Waals surface area contributed by atoms with Gasteiger partial charge in [-0.1, -0.05) is 15.9 Å². The van der Waals surface area contributed by atoms with Crippen molar-refractivity contribution in [2.24, 2.45) is 7.05 Å². The highest BCUT2D eigenvalue weighted by Gasteiger charge is 2.05. The third-order valence-electron chi connectivity index (χ3n) is 2.21. The predicted molar refractivity (Wildman–Crippen MR) is 67.0 cm³/mol. The van der Waals surface area contributed by atoms with Crippen LogP contribution in [0.25, 0.3) is 0 Å². The van der Waals surface area contributed by atoms with Gasteiger partial charge in [-0.3, -0.25) is 9.59 Å². The Kier molecular flexibility index (Phi) is 5.25. The molecule has 1 heterocycles. The first-order chi connectivity index (χ1) is 7.65. The van der Waals surface area contributed by atoms with Gasteiger partial charge in [-0.05, 0) is 18.9 Å². The minimum atomic E-state index is -0.188. The molecule has 0 saturated heterocycles. The fourth-order valence-corrected chi connectivity index (χ4v) is 1.61. The van der Waals surface area contributed by atoms with Crippen molar-refractivity contribution in [3.63, 3.8) is 0 Å². The highest BCUT2D eigenvalue weighted by molar-refractivity contribution is 9.09. The number of nitrogens with one attached hydrogen (secondary N) is 1. The molecule has 5 heteroatoms. The second-order valence-corrected chi connectivity index (χ2v) is 4.31. The first-order valence-corrected chi connectivity index (χ1v) is 6.28. The van der Waals surface area contributed by atoms with Crippen molar-refractivity contribution in [2.45, 2.75) is 12.8 Å². The summed E-state index contributed by atoms with van der Waals surface area (Å²) in [6.07, 6.45) is 3.55. The molecule has 0 saturated carbocycles. The number of hydrogen-bond acceptors (Lipinski definition) is 2. The van der Waals surface area contributed by atoms with Crippen LogP contribution in [-0.4, -0.2) is 22.3 Å². The number of rotatable bonds is 5. The minimum absolute atomic E-state index is 0.173. The van der Waals surface area contributed by atoms with Crippen LogP contribution in [0.5, 0.6) is 0 Å². The van der Waals surface area contributed by atoms with Crippen molar-refractivity contribution < 1.29 is 4.79 Å². The monoisotopic (exact) mass is 286 g/mol. The summed E-state index contributed by atoms with van der Waals surface area (Å²) < 4.78 is 1.43. The Labute approximate surface area is 103 Å². The third-order valence-corrected chi connectivity index (χ3v) is 2.77. The maximum atomic E-state index is 11.6. The van der Waals surface area contributed by atoms with Gasteiger partial charge in [0.15, 0.2) is 0 Å². The molecule has 0 spiro atoms. The lowest BCUT2D eigenvalue weighted by atomic mass is 10.2. The Bertz CT molecular complexity index is 415. The molecule has 0 atom stereocenters. The molecule has 0 radical (unpaired) electrons. The molecule has 0 bridgehead atoms. The average molecular weight is 287 g/mol. The molecule has 0 aliphatic rings. The molecule has 1 aromatic rings. The van der Waals surface area contributed by atoms with E-state index in [0.29, 0.717) is 12.1 Å². The van der Waals surface area contributed by atoms with E-state index >= 15 is 0 Å². The van der Waals surface area contributed by atoms with E-state index in [-0.39, 0.29) is 11.5 Å². The first-order valence-electron chi connectivity index (χ1n) is 5.16. The van der Waals surface area contributed by atoms with Gasteiger partial charge in [-0.2, -0.15) is 0 Å². The van der Waals surface area contributed by atoms with Gasteiger partial charge in [-0.25, -0.2) is 0 Å². The number of carbonyl (C=O) groups excluding carboxylic acids is 1. The summed E-state index contributed by atoms with van der Waals surface area (Å²) in [6.45, 7) is 0.639. The SMILES string of the molecule is Cn1ccc(C(=O)NCCCCBr)cc1=O. The molecular formula is C11H15BrN2O2. The van der Waals surface area contributed by atoms with Gasteiger partial charge in [0, 0.05) is 36.7 Å². The molecule has 1 rings (SSSR count). The number of unbranched alkanes of at least 4 members (excludes halogenated alkanes) is 1. The smallest absolute Gasteiger partial charge is 0.251 e. The molecule has 88 valence electrons. The van der Waals surface area contributed by atoms with Crippen LogP contribution in [0.2, 0.25) is 0 Å². The van der Waals surface area contributed by atoms with Gasteiger partial charge < -0.3 is 9.88 Å². The normalized spacial score (nSPS) is 10.1. The van der Waals surface area contributed by atoms with Gasteiger partial charge in [0.2, 0.25) is 0 Å². The number of alkyl halides is 1. The largest absolute Gasteiger partial charge is 0.352 e. The number of hydrogen-bond donors (Lipinski definition) is 1. The minimum Gasteiger partial charge on any atom is -0.352 e. The van der Waals surface area contributed by atoms with Crippen LogP contribution in [0.15, 0.2) is 23.1 Å². The summed E-state index contributed by atoms with van der Waals surface area (Å²) >= 11 is 3.32. The van der Waals surface area contributed by atoms with Crippen LogP contribution in [0.4, 0.5) is 0 Å². The summed E-state index contributed by atoms with van der Waals surface area (Å²) in [6, 6.07) is 2.99. The summed E-state index contributed by atoms with van der Waals surface area (Å²) in [5.74, 6) is -0.188. The average Bonchev–Trinajstić information content (AvgIpc) is 2.28. The van der Waals surface area contributed by atoms with Crippen LogP contribution < -0.4 is 10.9 Å². The summed E-state index contributed by atoms with van der Waals surface area (Å²) in [5, 5.41) is 3.71. The van der Waals surface area contributed by atoms with Gasteiger partial charge in [0.1, 0.15) is 0 Å². The van der Waals surface area contributed by atoms with E-state index in [1.54, 1.807) is 19.3 Å². The lowest BCUT2D eigenvalue weighted by Gasteiger charge is -2.04. The zero-order chi connectivity index (χ0) is 12.0. The topological polar surface area (TPSA) is 51.1 Å². The van der Waals surface area contributed by atoms with Crippen LogP contribution in [0, 0.1) is 0 Å².